The summed E-state index contributed by atoms with van der Waals surface area (Å²) >= 11 is 0. The van der Waals surface area contributed by atoms with Gasteiger partial charge >= 0.3 is 6.18 Å². The zero-order valence-corrected chi connectivity index (χ0v) is 12.0. The Kier molecular flexibility index (Phi) is 4.14. The maximum Gasteiger partial charge on any atom is 0.405 e. The smallest absolute Gasteiger partial charge is 0.354 e. The van der Waals surface area contributed by atoms with Crippen LogP contribution in [0.1, 0.15) is 19.3 Å². The third-order valence-corrected chi connectivity index (χ3v) is 5.15. The first-order chi connectivity index (χ1) is 9.98. The average molecular weight is 305 g/mol. The van der Waals surface area contributed by atoms with E-state index in [0.29, 0.717) is 38.0 Å². The number of fused-ring (bicyclic) bond motifs is 1. The van der Waals surface area contributed by atoms with Gasteiger partial charge in [0.1, 0.15) is 6.04 Å². The van der Waals surface area contributed by atoms with Crippen LogP contribution in [0.15, 0.2) is 0 Å². The molecule has 1 aliphatic heterocycles. The highest BCUT2D eigenvalue weighted by Crippen LogP contribution is 2.57. The Bertz CT molecular complexity index is 385. The summed E-state index contributed by atoms with van der Waals surface area (Å²) in [7, 11) is 0. The van der Waals surface area contributed by atoms with Crippen LogP contribution in [-0.2, 0) is 4.79 Å². The van der Waals surface area contributed by atoms with Gasteiger partial charge in [0.25, 0.3) is 0 Å². The van der Waals surface area contributed by atoms with Crippen molar-refractivity contribution < 1.29 is 18.0 Å². The van der Waals surface area contributed by atoms with E-state index >= 15 is 0 Å². The first kappa shape index (κ1) is 15.1. The highest BCUT2D eigenvalue weighted by atomic mass is 19.4. The zero-order chi connectivity index (χ0) is 15.0. The van der Waals surface area contributed by atoms with Gasteiger partial charge in [0.2, 0.25) is 5.91 Å². The molecule has 0 radical (unpaired) electrons. The Morgan fingerprint density at radius 3 is 2.43 bits per heavy atom. The van der Waals surface area contributed by atoms with Gasteiger partial charge in [-0.25, -0.2) is 0 Å². The maximum absolute atomic E-state index is 13.2. The monoisotopic (exact) mass is 305 g/mol. The number of amides is 1. The SMILES string of the molecule is O=C(NCC(N1CCNCC1)C(F)(F)F)C1C2CCCC21. The molecule has 3 aliphatic rings. The number of carbonyl (C=O) groups is 1. The first-order valence-electron chi connectivity index (χ1n) is 7.77. The van der Waals surface area contributed by atoms with Crippen molar-refractivity contribution in [2.24, 2.45) is 17.8 Å². The van der Waals surface area contributed by atoms with Gasteiger partial charge in [-0.1, -0.05) is 6.42 Å². The predicted octanol–water partition coefficient (Wildman–Crippen LogP) is 0.985. The Hall–Kier alpha value is -0.820. The number of nitrogens with zero attached hydrogens (tertiary/aromatic N) is 1. The van der Waals surface area contributed by atoms with Gasteiger partial charge in [0, 0.05) is 38.6 Å². The van der Waals surface area contributed by atoms with Crippen molar-refractivity contribution in [1.82, 2.24) is 15.5 Å². The summed E-state index contributed by atoms with van der Waals surface area (Å²) in [6, 6.07) is -1.57. The van der Waals surface area contributed by atoms with E-state index < -0.39 is 12.2 Å². The molecule has 1 saturated heterocycles. The lowest BCUT2D eigenvalue weighted by Crippen LogP contribution is -2.57. The van der Waals surface area contributed by atoms with Crippen molar-refractivity contribution in [3.63, 3.8) is 0 Å². The largest absolute Gasteiger partial charge is 0.405 e. The topological polar surface area (TPSA) is 44.4 Å². The third-order valence-electron chi connectivity index (χ3n) is 5.15. The van der Waals surface area contributed by atoms with E-state index in [-0.39, 0.29) is 18.4 Å². The van der Waals surface area contributed by atoms with E-state index in [4.69, 9.17) is 0 Å². The number of halogens is 3. The molecule has 3 atom stereocenters. The molecule has 3 fully saturated rings. The number of nitrogens with one attached hydrogen (secondary N) is 2. The fraction of sp³-hybridized carbons (Fsp3) is 0.929. The lowest BCUT2D eigenvalue weighted by atomic mass is 10.1. The summed E-state index contributed by atoms with van der Waals surface area (Å²) < 4.78 is 39.6. The summed E-state index contributed by atoms with van der Waals surface area (Å²) in [5.41, 5.74) is 0. The lowest BCUT2D eigenvalue weighted by molar-refractivity contribution is -0.184. The molecule has 2 saturated carbocycles. The van der Waals surface area contributed by atoms with E-state index in [1.807, 2.05) is 0 Å². The van der Waals surface area contributed by atoms with Gasteiger partial charge < -0.3 is 10.6 Å². The van der Waals surface area contributed by atoms with Gasteiger partial charge in [0.15, 0.2) is 0 Å². The van der Waals surface area contributed by atoms with Crippen LogP contribution in [0.2, 0.25) is 0 Å². The van der Waals surface area contributed by atoms with E-state index in [2.05, 4.69) is 10.6 Å². The normalized spacial score (nSPS) is 34.3. The highest BCUT2D eigenvalue weighted by molar-refractivity contribution is 5.82. The molecule has 3 rings (SSSR count). The Labute approximate surface area is 122 Å². The Morgan fingerprint density at radius 2 is 1.86 bits per heavy atom. The Morgan fingerprint density at radius 1 is 1.24 bits per heavy atom. The number of hydrogen-bond donors (Lipinski definition) is 2. The maximum atomic E-state index is 13.2. The van der Waals surface area contributed by atoms with E-state index in [9.17, 15) is 18.0 Å². The average Bonchev–Trinajstić information content (AvgIpc) is 2.92. The molecule has 0 aromatic carbocycles. The molecule has 2 aliphatic carbocycles. The minimum absolute atomic E-state index is 0.0179. The van der Waals surface area contributed by atoms with Crippen molar-refractivity contribution in [3.05, 3.63) is 0 Å². The molecule has 0 spiro atoms. The highest BCUT2D eigenvalue weighted by Gasteiger charge is 2.56. The number of carbonyl (C=O) groups excluding carboxylic acids is 1. The van der Waals surface area contributed by atoms with Crippen LogP contribution >= 0.6 is 0 Å². The van der Waals surface area contributed by atoms with Crippen molar-refractivity contribution in [3.8, 4) is 0 Å². The second-order valence-electron chi connectivity index (χ2n) is 6.37. The lowest BCUT2D eigenvalue weighted by Gasteiger charge is -2.36. The summed E-state index contributed by atoms with van der Waals surface area (Å²) in [6.45, 7) is 1.54. The minimum atomic E-state index is -4.30. The molecule has 120 valence electrons. The van der Waals surface area contributed by atoms with Crippen LogP contribution in [0.25, 0.3) is 0 Å². The van der Waals surface area contributed by atoms with Crippen LogP contribution < -0.4 is 10.6 Å². The minimum Gasteiger partial charge on any atom is -0.354 e. The second kappa shape index (κ2) is 5.76. The molecule has 3 unspecified atom stereocenters. The molecule has 0 aromatic heterocycles. The van der Waals surface area contributed by atoms with Gasteiger partial charge in [-0.3, -0.25) is 9.69 Å². The van der Waals surface area contributed by atoms with Crippen LogP contribution in [0, 0.1) is 17.8 Å². The number of piperazine rings is 1. The molecule has 4 nitrogen and oxygen atoms in total. The second-order valence-corrected chi connectivity index (χ2v) is 6.37. The first-order valence-corrected chi connectivity index (χ1v) is 7.77. The number of rotatable bonds is 4. The molecular weight excluding hydrogens is 283 g/mol. The summed E-state index contributed by atoms with van der Waals surface area (Å²) in [5, 5.41) is 5.60. The molecule has 1 amide bonds. The van der Waals surface area contributed by atoms with Crippen molar-refractivity contribution in [1.29, 1.82) is 0 Å². The third kappa shape index (κ3) is 3.18. The molecule has 0 bridgehead atoms. The van der Waals surface area contributed by atoms with Crippen LogP contribution in [0.4, 0.5) is 13.2 Å². The van der Waals surface area contributed by atoms with Crippen molar-refractivity contribution in [2.45, 2.75) is 31.5 Å². The quantitative estimate of drug-likeness (QED) is 0.814. The fourth-order valence-corrected chi connectivity index (χ4v) is 3.97. The molecule has 21 heavy (non-hydrogen) atoms. The van der Waals surface area contributed by atoms with E-state index in [0.717, 1.165) is 19.3 Å². The number of alkyl halides is 3. The van der Waals surface area contributed by atoms with Gasteiger partial charge in [-0.05, 0) is 24.7 Å². The van der Waals surface area contributed by atoms with Crippen molar-refractivity contribution >= 4 is 5.91 Å². The summed E-state index contributed by atoms with van der Waals surface area (Å²) in [5.74, 6) is 0.687. The van der Waals surface area contributed by atoms with E-state index in [1.54, 1.807) is 0 Å². The Balaban J connectivity index is 1.53. The van der Waals surface area contributed by atoms with Crippen LogP contribution in [0.3, 0.4) is 0 Å². The summed E-state index contributed by atoms with van der Waals surface area (Å²) in [6.07, 6.45) is -1.03. The standard InChI is InChI=1S/C14H22F3N3O/c15-14(16,17)11(20-6-4-18-5-7-20)8-19-13(21)12-9-2-1-3-10(9)12/h9-12,18H,1-8H2,(H,19,21). The van der Waals surface area contributed by atoms with E-state index in [1.165, 1.54) is 4.90 Å². The van der Waals surface area contributed by atoms with Gasteiger partial charge in [-0.2, -0.15) is 13.2 Å². The molecule has 7 heteroatoms. The fourth-order valence-electron chi connectivity index (χ4n) is 3.97. The van der Waals surface area contributed by atoms with Gasteiger partial charge in [-0.15, -0.1) is 0 Å². The zero-order valence-electron chi connectivity index (χ0n) is 12.0. The van der Waals surface area contributed by atoms with Gasteiger partial charge in [0.05, 0.1) is 0 Å². The summed E-state index contributed by atoms with van der Waals surface area (Å²) in [4.78, 5) is 13.4. The molecule has 2 N–H and O–H groups in total. The number of hydrogen-bond acceptors (Lipinski definition) is 3. The van der Waals surface area contributed by atoms with Crippen LogP contribution in [0.5, 0.6) is 0 Å². The molecule has 1 heterocycles. The predicted molar refractivity (Wildman–Crippen MR) is 71.6 cm³/mol. The molecular formula is C14H22F3N3O. The van der Waals surface area contributed by atoms with Crippen molar-refractivity contribution in [2.75, 3.05) is 32.7 Å². The molecule has 0 aromatic rings. The van der Waals surface area contributed by atoms with Crippen LogP contribution in [-0.4, -0.2) is 55.7 Å².